The van der Waals surface area contributed by atoms with Crippen LogP contribution >= 0.6 is 69.6 Å². The van der Waals surface area contributed by atoms with Crippen molar-refractivity contribution in [2.75, 3.05) is 0 Å². The van der Waals surface area contributed by atoms with E-state index in [0.29, 0.717) is 0 Å². The molecule has 2 heterocycles. The third kappa shape index (κ3) is 0.968. The molecule has 2 fully saturated rings. The first kappa shape index (κ1) is 12.9. The van der Waals surface area contributed by atoms with Crippen LogP contribution in [0, 0.1) is 11.8 Å². The summed E-state index contributed by atoms with van der Waals surface area (Å²) in [6.45, 7) is 0. The van der Waals surface area contributed by atoms with Crippen LogP contribution in [-0.2, 0) is 4.74 Å². The van der Waals surface area contributed by atoms with Gasteiger partial charge in [0.25, 0.3) is 0 Å². The van der Waals surface area contributed by atoms with Crippen LogP contribution in [0.3, 0.4) is 0 Å². The molecule has 0 N–H and O–H groups in total. The molecular formula is C11H6Cl6O. The van der Waals surface area contributed by atoms with E-state index in [1.165, 1.54) is 0 Å². The fourth-order valence-corrected chi connectivity index (χ4v) is 6.89. The maximum Gasteiger partial charge on any atom is 0.167 e. The van der Waals surface area contributed by atoms with Gasteiger partial charge in [0, 0.05) is 11.8 Å². The SMILES string of the molecule is ClC1=C(Cl)[C@]2(Cl)[C@H]3[C@H]([C@@H]4C=C[C@H]3O4)[C@@]1(Cl)C2(Cl)Cl. The van der Waals surface area contributed by atoms with E-state index >= 15 is 0 Å². The van der Waals surface area contributed by atoms with Crippen LogP contribution in [0.2, 0.25) is 0 Å². The number of ether oxygens (including phenoxy) is 1. The zero-order chi connectivity index (χ0) is 13.1. The van der Waals surface area contributed by atoms with E-state index in [1.54, 1.807) is 0 Å². The van der Waals surface area contributed by atoms with Crippen LogP contribution in [0.1, 0.15) is 0 Å². The molecule has 0 radical (unpaired) electrons. The molecule has 0 aromatic heterocycles. The summed E-state index contributed by atoms with van der Waals surface area (Å²) >= 11 is 38.8. The molecule has 1 saturated carbocycles. The normalized spacial score (nSPS) is 58.8. The molecule has 1 nitrogen and oxygen atoms in total. The first-order valence-electron chi connectivity index (χ1n) is 5.43. The van der Waals surface area contributed by atoms with Crippen molar-refractivity contribution < 1.29 is 4.74 Å². The average molecular weight is 367 g/mol. The van der Waals surface area contributed by atoms with Gasteiger partial charge in [-0.2, -0.15) is 0 Å². The van der Waals surface area contributed by atoms with Gasteiger partial charge in [0.2, 0.25) is 0 Å². The van der Waals surface area contributed by atoms with Crippen molar-refractivity contribution >= 4 is 69.6 Å². The minimum atomic E-state index is -1.45. The summed E-state index contributed by atoms with van der Waals surface area (Å²) < 4.78 is 4.35. The Bertz CT molecular complexity index is 486. The van der Waals surface area contributed by atoms with Gasteiger partial charge in [-0.1, -0.05) is 58.6 Å². The van der Waals surface area contributed by atoms with Gasteiger partial charge >= 0.3 is 0 Å². The van der Waals surface area contributed by atoms with Gasteiger partial charge in [-0.05, 0) is 0 Å². The van der Waals surface area contributed by atoms with Crippen molar-refractivity contribution in [3.05, 3.63) is 22.2 Å². The Morgan fingerprint density at radius 2 is 1.22 bits per heavy atom. The number of fused-ring (bicyclic) bond motifs is 9. The summed E-state index contributed by atoms with van der Waals surface area (Å²) in [5.41, 5.74) is 0. The van der Waals surface area contributed by atoms with E-state index in [4.69, 9.17) is 74.3 Å². The van der Waals surface area contributed by atoms with Crippen LogP contribution < -0.4 is 0 Å². The van der Waals surface area contributed by atoms with Gasteiger partial charge in [-0.15, -0.1) is 23.2 Å². The van der Waals surface area contributed by atoms with Crippen molar-refractivity contribution in [1.82, 2.24) is 0 Å². The van der Waals surface area contributed by atoms with Gasteiger partial charge in [-0.25, -0.2) is 0 Å². The zero-order valence-electron chi connectivity index (χ0n) is 8.64. The molecule has 18 heavy (non-hydrogen) atoms. The quantitative estimate of drug-likeness (QED) is 0.456. The highest BCUT2D eigenvalue weighted by molar-refractivity contribution is 6.65. The Kier molecular flexibility index (Phi) is 2.38. The molecule has 4 rings (SSSR count). The Balaban J connectivity index is 2.03. The lowest BCUT2D eigenvalue weighted by atomic mass is 9.75. The van der Waals surface area contributed by atoms with Crippen molar-refractivity contribution in [3.63, 3.8) is 0 Å². The number of allylic oxidation sites excluding steroid dienone is 2. The van der Waals surface area contributed by atoms with E-state index in [9.17, 15) is 0 Å². The highest BCUT2D eigenvalue weighted by atomic mass is 35.5. The minimum Gasteiger partial charge on any atom is -0.366 e. The second-order valence-corrected chi connectivity index (χ2v) is 8.40. The predicted molar refractivity (Wildman–Crippen MR) is 75.1 cm³/mol. The van der Waals surface area contributed by atoms with Crippen LogP contribution in [0.4, 0.5) is 0 Å². The topological polar surface area (TPSA) is 9.23 Å². The lowest BCUT2D eigenvalue weighted by molar-refractivity contribution is 0.0920. The lowest BCUT2D eigenvalue weighted by Crippen LogP contribution is -2.47. The molecule has 6 atom stereocenters. The molecular weight excluding hydrogens is 361 g/mol. The summed E-state index contributed by atoms with van der Waals surface area (Å²) in [6, 6.07) is 0. The van der Waals surface area contributed by atoms with Crippen molar-refractivity contribution in [3.8, 4) is 0 Å². The van der Waals surface area contributed by atoms with Crippen molar-refractivity contribution in [2.24, 2.45) is 11.8 Å². The van der Waals surface area contributed by atoms with Crippen molar-refractivity contribution in [1.29, 1.82) is 0 Å². The largest absolute Gasteiger partial charge is 0.366 e. The van der Waals surface area contributed by atoms with Gasteiger partial charge in [0.15, 0.2) is 4.33 Å². The fraction of sp³-hybridized carbons (Fsp3) is 0.636. The zero-order valence-corrected chi connectivity index (χ0v) is 13.2. The van der Waals surface area contributed by atoms with E-state index in [0.717, 1.165) is 0 Å². The number of rotatable bonds is 0. The molecule has 0 aromatic rings. The maximum atomic E-state index is 6.68. The van der Waals surface area contributed by atoms with Gasteiger partial charge in [0.05, 0.1) is 22.3 Å². The van der Waals surface area contributed by atoms with E-state index < -0.39 is 14.1 Å². The van der Waals surface area contributed by atoms with E-state index in [1.807, 2.05) is 12.2 Å². The molecule has 2 aliphatic carbocycles. The standard InChI is InChI=1S/C11H6Cl6O/c12-7-8(13)10(15)6-4-2-1-3(18-4)5(6)9(7,14)11(10,16)17/h1-6H/t3-,4+,5-,6+,9-,10+. The van der Waals surface area contributed by atoms with Gasteiger partial charge in [-0.3, -0.25) is 0 Å². The molecule has 2 aliphatic heterocycles. The Hall–Kier alpha value is 1.18. The second-order valence-electron chi connectivity index (χ2n) is 5.13. The second kappa shape index (κ2) is 3.32. The van der Waals surface area contributed by atoms with Crippen LogP contribution in [0.25, 0.3) is 0 Å². The van der Waals surface area contributed by atoms with Crippen LogP contribution in [0.5, 0.6) is 0 Å². The molecule has 4 aliphatic rings. The highest BCUT2D eigenvalue weighted by Gasteiger charge is 2.86. The highest BCUT2D eigenvalue weighted by Crippen LogP contribution is 2.79. The number of halogens is 6. The number of hydrogen-bond donors (Lipinski definition) is 0. The molecule has 7 heteroatoms. The number of hydrogen-bond acceptors (Lipinski definition) is 1. The van der Waals surface area contributed by atoms with Crippen molar-refractivity contribution in [2.45, 2.75) is 26.3 Å². The summed E-state index contributed by atoms with van der Waals surface area (Å²) in [5, 5.41) is 0.494. The lowest BCUT2D eigenvalue weighted by Gasteiger charge is -2.35. The monoisotopic (exact) mass is 364 g/mol. The first-order chi connectivity index (χ1) is 8.28. The third-order valence-corrected chi connectivity index (χ3v) is 8.86. The average Bonchev–Trinajstić information content (AvgIpc) is 2.97. The number of alkyl halides is 4. The summed E-state index contributed by atoms with van der Waals surface area (Å²) in [7, 11) is 0. The molecule has 0 spiro atoms. The van der Waals surface area contributed by atoms with E-state index in [2.05, 4.69) is 0 Å². The Labute approximate surface area is 134 Å². The summed E-state index contributed by atoms with van der Waals surface area (Å²) in [6.07, 6.45) is 3.60. The fourth-order valence-electron chi connectivity index (χ4n) is 3.83. The Morgan fingerprint density at radius 3 is 1.61 bits per heavy atom. The molecule has 98 valence electrons. The smallest absolute Gasteiger partial charge is 0.167 e. The van der Waals surface area contributed by atoms with Gasteiger partial charge in [0.1, 0.15) is 9.75 Å². The molecule has 0 amide bonds. The van der Waals surface area contributed by atoms with E-state index in [-0.39, 0.29) is 34.1 Å². The Morgan fingerprint density at radius 1 is 0.833 bits per heavy atom. The maximum absolute atomic E-state index is 6.68. The summed E-state index contributed by atoms with van der Waals surface area (Å²) in [5.74, 6) is -0.312. The molecule has 1 saturated heterocycles. The molecule has 0 unspecified atom stereocenters. The van der Waals surface area contributed by atoms with Crippen LogP contribution in [-0.4, -0.2) is 26.3 Å². The van der Waals surface area contributed by atoms with Crippen LogP contribution in [0.15, 0.2) is 22.2 Å². The predicted octanol–water partition coefficient (Wildman–Crippen LogP) is 4.40. The first-order valence-corrected chi connectivity index (χ1v) is 7.70. The van der Waals surface area contributed by atoms with Gasteiger partial charge < -0.3 is 4.74 Å². The molecule has 0 aromatic carbocycles. The summed E-state index contributed by atoms with van der Waals surface area (Å²) in [4.78, 5) is -2.38. The third-order valence-electron chi connectivity index (χ3n) is 4.56. The minimum absolute atomic E-state index is 0.156. The molecule has 4 bridgehead atoms.